The Hall–Kier alpha value is -0.340. The second-order valence-corrected chi connectivity index (χ2v) is 9.26. The zero-order chi connectivity index (χ0) is 15.1. The van der Waals surface area contributed by atoms with Gasteiger partial charge in [0.05, 0.1) is 0 Å². The van der Waals surface area contributed by atoms with E-state index in [1.54, 1.807) is 0 Å². The lowest BCUT2D eigenvalue weighted by Gasteiger charge is -2.40. The third kappa shape index (κ3) is 3.53. The van der Waals surface area contributed by atoms with Gasteiger partial charge in [-0.1, -0.05) is 34.5 Å². The van der Waals surface area contributed by atoms with Crippen LogP contribution in [0.4, 0.5) is 0 Å². The summed E-state index contributed by atoms with van der Waals surface area (Å²) in [7, 11) is 0. The maximum Gasteiger partial charge on any atom is 0.0175 e. The first-order valence-corrected chi connectivity index (χ1v) is 9.15. The first-order chi connectivity index (χ1) is 9.86. The Morgan fingerprint density at radius 3 is 2.43 bits per heavy atom. The molecule has 3 unspecified atom stereocenters. The maximum absolute atomic E-state index is 3.81. The molecule has 0 aliphatic heterocycles. The van der Waals surface area contributed by atoms with E-state index in [2.05, 4.69) is 66.3 Å². The monoisotopic (exact) mass is 349 g/mol. The molecule has 2 aliphatic rings. The van der Waals surface area contributed by atoms with Gasteiger partial charge in [-0.25, -0.2) is 0 Å². The summed E-state index contributed by atoms with van der Waals surface area (Å²) in [5.74, 6) is 1.92. The summed E-state index contributed by atoms with van der Waals surface area (Å²) in [5.41, 5.74) is 2.21. The van der Waals surface area contributed by atoms with Gasteiger partial charge in [0.15, 0.2) is 0 Å². The lowest BCUT2D eigenvalue weighted by Crippen LogP contribution is -2.47. The molecule has 0 amide bonds. The van der Waals surface area contributed by atoms with Crippen molar-refractivity contribution in [2.45, 2.75) is 58.4 Å². The van der Waals surface area contributed by atoms with Crippen molar-refractivity contribution in [3.8, 4) is 0 Å². The van der Waals surface area contributed by atoms with Crippen LogP contribution in [-0.2, 0) is 6.42 Å². The highest BCUT2D eigenvalue weighted by atomic mass is 79.9. The maximum atomic E-state index is 3.81. The molecule has 0 heterocycles. The molecule has 1 nitrogen and oxygen atoms in total. The Morgan fingerprint density at radius 2 is 1.90 bits per heavy atom. The second-order valence-electron chi connectivity index (χ2n) is 8.35. The van der Waals surface area contributed by atoms with E-state index in [0.717, 1.165) is 11.8 Å². The fourth-order valence-electron chi connectivity index (χ4n) is 4.50. The van der Waals surface area contributed by atoms with Crippen LogP contribution in [0.25, 0.3) is 0 Å². The molecule has 2 fully saturated rings. The van der Waals surface area contributed by atoms with Crippen LogP contribution in [0.1, 0.15) is 52.0 Å². The van der Waals surface area contributed by atoms with Gasteiger partial charge >= 0.3 is 0 Å². The SMILES string of the molecule is CC(C)(C)NCC1(Cc2ccc(Br)cc2)CC2CCC1C2. The number of hydrogen-bond acceptors (Lipinski definition) is 1. The zero-order valence-electron chi connectivity index (χ0n) is 13.6. The molecule has 0 spiro atoms. The normalized spacial score (nSPS) is 31.8. The molecule has 0 aromatic heterocycles. The van der Waals surface area contributed by atoms with Crippen LogP contribution < -0.4 is 5.32 Å². The van der Waals surface area contributed by atoms with Gasteiger partial charge in [-0.3, -0.25) is 0 Å². The van der Waals surface area contributed by atoms with Crippen LogP contribution >= 0.6 is 15.9 Å². The minimum atomic E-state index is 0.217. The minimum Gasteiger partial charge on any atom is -0.311 e. The van der Waals surface area contributed by atoms with E-state index in [9.17, 15) is 0 Å². The number of hydrogen-bond donors (Lipinski definition) is 1. The summed E-state index contributed by atoms with van der Waals surface area (Å²) in [4.78, 5) is 0. The van der Waals surface area contributed by atoms with Gasteiger partial charge < -0.3 is 5.32 Å². The first-order valence-electron chi connectivity index (χ1n) is 8.36. The largest absolute Gasteiger partial charge is 0.311 e. The molecule has 2 aliphatic carbocycles. The van der Waals surface area contributed by atoms with E-state index in [-0.39, 0.29) is 5.54 Å². The number of fused-ring (bicyclic) bond motifs is 2. The van der Waals surface area contributed by atoms with Gasteiger partial charge in [-0.15, -0.1) is 0 Å². The standard InChI is InChI=1S/C19H28BrN/c1-18(2,3)21-13-19(12-15-4-7-16(19)10-15)11-14-5-8-17(20)9-6-14/h5-6,8-9,15-16,21H,4,7,10-13H2,1-3H3. The molecular weight excluding hydrogens is 322 g/mol. The molecule has 1 N–H and O–H groups in total. The van der Waals surface area contributed by atoms with Gasteiger partial charge in [0.1, 0.15) is 0 Å². The van der Waals surface area contributed by atoms with E-state index in [1.807, 2.05) is 0 Å². The Kier molecular flexibility index (Phi) is 4.22. The fourth-order valence-corrected chi connectivity index (χ4v) is 4.77. The van der Waals surface area contributed by atoms with Gasteiger partial charge in [0.25, 0.3) is 0 Å². The summed E-state index contributed by atoms with van der Waals surface area (Å²) in [6.45, 7) is 8.03. The number of benzene rings is 1. The quantitative estimate of drug-likeness (QED) is 0.788. The van der Waals surface area contributed by atoms with Crippen LogP contribution in [0.2, 0.25) is 0 Å². The van der Waals surface area contributed by atoms with Crippen molar-refractivity contribution >= 4 is 15.9 Å². The Morgan fingerprint density at radius 1 is 1.19 bits per heavy atom. The fraction of sp³-hybridized carbons (Fsp3) is 0.684. The molecule has 2 heteroatoms. The second kappa shape index (κ2) is 5.70. The van der Waals surface area contributed by atoms with Crippen molar-refractivity contribution in [2.75, 3.05) is 6.54 Å². The zero-order valence-corrected chi connectivity index (χ0v) is 15.2. The molecule has 3 rings (SSSR count). The number of nitrogens with one attached hydrogen (secondary N) is 1. The molecule has 1 aromatic rings. The number of halogens is 1. The summed E-state index contributed by atoms with van der Waals surface area (Å²) < 4.78 is 1.18. The van der Waals surface area contributed by atoms with Crippen LogP contribution in [0, 0.1) is 17.3 Å². The van der Waals surface area contributed by atoms with Crippen molar-refractivity contribution < 1.29 is 0 Å². The smallest absolute Gasteiger partial charge is 0.0175 e. The van der Waals surface area contributed by atoms with E-state index in [4.69, 9.17) is 0 Å². The third-order valence-electron chi connectivity index (χ3n) is 5.54. The molecule has 0 saturated heterocycles. The molecule has 2 bridgehead atoms. The van der Waals surface area contributed by atoms with Gasteiger partial charge in [-0.2, -0.15) is 0 Å². The summed E-state index contributed by atoms with van der Waals surface area (Å²) in [6.07, 6.45) is 7.07. The molecule has 3 atom stereocenters. The van der Waals surface area contributed by atoms with Gasteiger partial charge in [-0.05, 0) is 81.4 Å². The van der Waals surface area contributed by atoms with Crippen molar-refractivity contribution in [2.24, 2.45) is 17.3 Å². The van der Waals surface area contributed by atoms with Crippen molar-refractivity contribution in [1.82, 2.24) is 5.32 Å². The predicted molar refractivity (Wildman–Crippen MR) is 93.5 cm³/mol. The summed E-state index contributed by atoms with van der Waals surface area (Å²) in [6, 6.07) is 8.98. The van der Waals surface area contributed by atoms with E-state index < -0.39 is 0 Å². The van der Waals surface area contributed by atoms with Crippen LogP contribution in [0.5, 0.6) is 0 Å². The third-order valence-corrected chi connectivity index (χ3v) is 6.07. The van der Waals surface area contributed by atoms with Gasteiger partial charge in [0.2, 0.25) is 0 Å². The van der Waals surface area contributed by atoms with Crippen molar-refractivity contribution in [1.29, 1.82) is 0 Å². The molecular formula is C19H28BrN. The molecule has 21 heavy (non-hydrogen) atoms. The molecule has 0 radical (unpaired) electrons. The van der Waals surface area contributed by atoms with E-state index in [1.165, 1.54) is 48.7 Å². The molecule has 1 aromatic carbocycles. The minimum absolute atomic E-state index is 0.217. The van der Waals surface area contributed by atoms with Crippen LogP contribution in [0.15, 0.2) is 28.7 Å². The lowest BCUT2D eigenvalue weighted by atomic mass is 9.69. The average molecular weight is 350 g/mol. The van der Waals surface area contributed by atoms with Gasteiger partial charge in [0, 0.05) is 16.6 Å². The molecule has 2 saturated carbocycles. The first kappa shape index (κ1) is 15.6. The lowest BCUT2D eigenvalue weighted by molar-refractivity contribution is 0.143. The predicted octanol–water partition coefficient (Wildman–Crippen LogP) is 5.19. The number of rotatable bonds is 4. The summed E-state index contributed by atoms with van der Waals surface area (Å²) in [5, 5.41) is 3.81. The Balaban J connectivity index is 1.78. The highest BCUT2D eigenvalue weighted by Gasteiger charge is 2.50. The van der Waals surface area contributed by atoms with Crippen LogP contribution in [-0.4, -0.2) is 12.1 Å². The van der Waals surface area contributed by atoms with E-state index in [0.29, 0.717) is 5.41 Å². The van der Waals surface area contributed by atoms with Crippen molar-refractivity contribution in [3.05, 3.63) is 34.3 Å². The highest BCUT2D eigenvalue weighted by molar-refractivity contribution is 9.10. The van der Waals surface area contributed by atoms with Crippen LogP contribution in [0.3, 0.4) is 0 Å². The molecule has 116 valence electrons. The highest BCUT2D eigenvalue weighted by Crippen LogP contribution is 2.57. The Labute approximate surface area is 138 Å². The Bertz CT molecular complexity index is 487. The topological polar surface area (TPSA) is 12.0 Å². The van der Waals surface area contributed by atoms with Crippen molar-refractivity contribution in [3.63, 3.8) is 0 Å². The summed E-state index contributed by atoms with van der Waals surface area (Å²) >= 11 is 3.55. The van der Waals surface area contributed by atoms with E-state index >= 15 is 0 Å². The average Bonchev–Trinajstić information content (AvgIpc) is 2.99.